The van der Waals surface area contributed by atoms with E-state index in [2.05, 4.69) is 19.2 Å². The number of hydrogen-bond acceptors (Lipinski definition) is 3. The third kappa shape index (κ3) is 2.55. The van der Waals surface area contributed by atoms with Crippen LogP contribution in [0.2, 0.25) is 0 Å². The van der Waals surface area contributed by atoms with Crippen LogP contribution in [0.25, 0.3) is 0 Å². The molecule has 78 valence electrons. The fraction of sp³-hybridized carbons (Fsp3) is 0.455. The minimum atomic E-state index is 0.386. The molecule has 0 aromatic heterocycles. The molecule has 1 aromatic carbocycles. The Balaban J connectivity index is 2.93. The molecule has 14 heavy (non-hydrogen) atoms. The number of rotatable bonds is 4. The highest BCUT2D eigenvalue weighted by Gasteiger charge is 2.05. The van der Waals surface area contributed by atoms with Crippen LogP contribution in [0.4, 0.5) is 5.69 Å². The minimum Gasteiger partial charge on any atom is -0.497 e. The average molecular weight is 195 g/mol. The molecule has 0 saturated heterocycles. The van der Waals surface area contributed by atoms with Gasteiger partial charge in [0.15, 0.2) is 0 Å². The summed E-state index contributed by atoms with van der Waals surface area (Å²) in [5.41, 5.74) is 0.989. The van der Waals surface area contributed by atoms with Gasteiger partial charge in [0.05, 0.1) is 19.9 Å². The second-order valence-electron chi connectivity index (χ2n) is 3.37. The quantitative estimate of drug-likeness (QED) is 0.800. The number of methoxy groups -OCH3 is 2. The lowest BCUT2D eigenvalue weighted by Crippen LogP contribution is -2.10. The summed E-state index contributed by atoms with van der Waals surface area (Å²) >= 11 is 0. The molecule has 0 spiro atoms. The van der Waals surface area contributed by atoms with Crippen LogP contribution in [0.3, 0.4) is 0 Å². The summed E-state index contributed by atoms with van der Waals surface area (Å²) in [5, 5.41) is 3.30. The van der Waals surface area contributed by atoms with Crippen molar-refractivity contribution < 1.29 is 9.47 Å². The van der Waals surface area contributed by atoms with E-state index in [1.54, 1.807) is 14.2 Å². The molecule has 1 rings (SSSR count). The lowest BCUT2D eigenvalue weighted by Gasteiger charge is -2.14. The molecule has 1 N–H and O–H groups in total. The summed E-state index contributed by atoms with van der Waals surface area (Å²) in [5.74, 6) is 1.61. The maximum absolute atomic E-state index is 5.25. The molecule has 1 aromatic rings. The molecule has 0 fully saturated rings. The highest BCUT2D eigenvalue weighted by molar-refractivity contribution is 5.59. The van der Waals surface area contributed by atoms with Crippen LogP contribution in [0.15, 0.2) is 18.2 Å². The minimum absolute atomic E-state index is 0.386. The first kappa shape index (κ1) is 10.7. The third-order valence-corrected chi connectivity index (χ3v) is 1.85. The Morgan fingerprint density at radius 2 is 1.86 bits per heavy atom. The molecule has 0 aliphatic rings. The zero-order valence-electron chi connectivity index (χ0n) is 9.13. The number of ether oxygens (including phenoxy) is 2. The van der Waals surface area contributed by atoms with Gasteiger partial charge in [0, 0.05) is 12.1 Å². The molecular formula is C11H17NO2. The van der Waals surface area contributed by atoms with Gasteiger partial charge in [0.1, 0.15) is 11.5 Å². The lowest BCUT2D eigenvalue weighted by atomic mass is 10.2. The van der Waals surface area contributed by atoms with Crippen molar-refractivity contribution in [1.29, 1.82) is 0 Å². The normalized spacial score (nSPS) is 10.1. The SMILES string of the molecule is COc1ccc(NC(C)C)c(OC)c1. The fourth-order valence-electron chi connectivity index (χ4n) is 1.23. The van der Waals surface area contributed by atoms with Crippen molar-refractivity contribution in [1.82, 2.24) is 0 Å². The van der Waals surface area contributed by atoms with E-state index in [1.807, 2.05) is 18.2 Å². The summed E-state index contributed by atoms with van der Waals surface area (Å²) in [6, 6.07) is 6.12. The molecule has 0 bridgehead atoms. The first-order valence-corrected chi connectivity index (χ1v) is 4.66. The Bertz CT molecular complexity index is 297. The van der Waals surface area contributed by atoms with Gasteiger partial charge in [0.2, 0.25) is 0 Å². The van der Waals surface area contributed by atoms with Gasteiger partial charge in [0.25, 0.3) is 0 Å². The first-order chi connectivity index (χ1) is 6.67. The second-order valence-corrected chi connectivity index (χ2v) is 3.37. The van der Waals surface area contributed by atoms with Crippen LogP contribution >= 0.6 is 0 Å². The molecule has 0 aliphatic heterocycles. The molecule has 0 heterocycles. The molecule has 0 unspecified atom stereocenters. The van der Waals surface area contributed by atoms with Crippen molar-refractivity contribution in [2.45, 2.75) is 19.9 Å². The van der Waals surface area contributed by atoms with Gasteiger partial charge in [-0.2, -0.15) is 0 Å². The van der Waals surface area contributed by atoms with E-state index < -0.39 is 0 Å². The summed E-state index contributed by atoms with van der Waals surface area (Å²) in [4.78, 5) is 0. The number of hydrogen-bond donors (Lipinski definition) is 1. The number of nitrogens with one attached hydrogen (secondary N) is 1. The van der Waals surface area contributed by atoms with Crippen LogP contribution in [0.5, 0.6) is 11.5 Å². The maximum atomic E-state index is 5.25. The Labute approximate surface area is 85.0 Å². The second kappa shape index (κ2) is 4.74. The van der Waals surface area contributed by atoms with Crippen molar-refractivity contribution in [2.24, 2.45) is 0 Å². The van der Waals surface area contributed by atoms with Crippen LogP contribution in [0.1, 0.15) is 13.8 Å². The van der Waals surface area contributed by atoms with E-state index in [1.165, 1.54) is 0 Å². The highest BCUT2D eigenvalue weighted by Crippen LogP contribution is 2.29. The van der Waals surface area contributed by atoms with E-state index in [4.69, 9.17) is 9.47 Å². The molecular weight excluding hydrogens is 178 g/mol. The van der Waals surface area contributed by atoms with Gasteiger partial charge < -0.3 is 14.8 Å². The Kier molecular flexibility index (Phi) is 3.63. The fourth-order valence-corrected chi connectivity index (χ4v) is 1.23. The average Bonchev–Trinajstić information content (AvgIpc) is 2.17. The zero-order valence-corrected chi connectivity index (χ0v) is 9.13. The predicted molar refractivity (Wildman–Crippen MR) is 58.3 cm³/mol. The lowest BCUT2D eigenvalue weighted by molar-refractivity contribution is 0.395. The van der Waals surface area contributed by atoms with E-state index in [0.717, 1.165) is 17.2 Å². The number of benzene rings is 1. The predicted octanol–water partition coefficient (Wildman–Crippen LogP) is 2.52. The molecule has 0 saturated carbocycles. The largest absolute Gasteiger partial charge is 0.497 e. The molecule has 0 atom stereocenters. The van der Waals surface area contributed by atoms with Gasteiger partial charge in [-0.05, 0) is 26.0 Å². The Hall–Kier alpha value is -1.38. The van der Waals surface area contributed by atoms with E-state index in [9.17, 15) is 0 Å². The van der Waals surface area contributed by atoms with Gasteiger partial charge in [-0.1, -0.05) is 0 Å². The Morgan fingerprint density at radius 3 is 2.36 bits per heavy atom. The topological polar surface area (TPSA) is 30.5 Å². The van der Waals surface area contributed by atoms with Crippen LogP contribution in [-0.2, 0) is 0 Å². The van der Waals surface area contributed by atoms with Crippen LogP contribution in [-0.4, -0.2) is 20.3 Å². The molecule has 0 amide bonds. The van der Waals surface area contributed by atoms with Gasteiger partial charge in [-0.15, -0.1) is 0 Å². The Morgan fingerprint density at radius 1 is 1.14 bits per heavy atom. The maximum Gasteiger partial charge on any atom is 0.145 e. The molecule has 0 aliphatic carbocycles. The van der Waals surface area contributed by atoms with Gasteiger partial charge in [-0.25, -0.2) is 0 Å². The smallest absolute Gasteiger partial charge is 0.145 e. The first-order valence-electron chi connectivity index (χ1n) is 4.66. The summed E-state index contributed by atoms with van der Waals surface area (Å²) in [6.45, 7) is 4.17. The zero-order chi connectivity index (χ0) is 10.6. The van der Waals surface area contributed by atoms with Gasteiger partial charge >= 0.3 is 0 Å². The van der Waals surface area contributed by atoms with Crippen molar-refractivity contribution in [3.63, 3.8) is 0 Å². The van der Waals surface area contributed by atoms with Gasteiger partial charge in [-0.3, -0.25) is 0 Å². The summed E-state index contributed by atoms with van der Waals surface area (Å²) in [6.07, 6.45) is 0. The van der Waals surface area contributed by atoms with Crippen LogP contribution < -0.4 is 14.8 Å². The van der Waals surface area contributed by atoms with Crippen molar-refractivity contribution in [3.8, 4) is 11.5 Å². The molecule has 0 radical (unpaired) electrons. The molecule has 3 nitrogen and oxygen atoms in total. The van der Waals surface area contributed by atoms with E-state index in [0.29, 0.717) is 6.04 Å². The number of anilines is 1. The van der Waals surface area contributed by atoms with Crippen molar-refractivity contribution in [3.05, 3.63) is 18.2 Å². The third-order valence-electron chi connectivity index (χ3n) is 1.85. The standard InChI is InChI=1S/C11H17NO2/c1-8(2)12-10-6-5-9(13-3)7-11(10)14-4/h5-8,12H,1-4H3. The summed E-state index contributed by atoms with van der Waals surface area (Å²) in [7, 11) is 3.30. The van der Waals surface area contributed by atoms with Crippen molar-refractivity contribution in [2.75, 3.05) is 19.5 Å². The highest BCUT2D eigenvalue weighted by atomic mass is 16.5. The van der Waals surface area contributed by atoms with Crippen molar-refractivity contribution >= 4 is 5.69 Å². The molecule has 3 heteroatoms. The van der Waals surface area contributed by atoms with E-state index in [-0.39, 0.29) is 0 Å². The monoisotopic (exact) mass is 195 g/mol. The summed E-state index contributed by atoms with van der Waals surface area (Å²) < 4.78 is 10.4. The van der Waals surface area contributed by atoms with Crippen LogP contribution in [0, 0.1) is 0 Å². The van der Waals surface area contributed by atoms with E-state index >= 15 is 0 Å².